The number of nitrogens with zero attached hydrogens (tertiary/aromatic N) is 2. The van der Waals surface area contributed by atoms with Crippen molar-refractivity contribution < 1.29 is 9.13 Å². The Bertz CT molecular complexity index is 695. The maximum absolute atomic E-state index is 13.8. The SMILES string of the molecule is CC(C)c1ccc(C(C)C)nc1.COCc1nc(C(C)C)c(F)cc1C(C)C. The van der Waals surface area contributed by atoms with E-state index < -0.39 is 0 Å². The molecule has 0 spiro atoms. The van der Waals surface area contributed by atoms with E-state index in [1.54, 1.807) is 13.2 Å². The third-order valence-corrected chi connectivity index (χ3v) is 4.63. The van der Waals surface area contributed by atoms with Gasteiger partial charge in [-0.05, 0) is 46.9 Å². The average Bonchev–Trinajstić information content (AvgIpc) is 2.63. The average molecular weight is 389 g/mol. The molecule has 0 fully saturated rings. The van der Waals surface area contributed by atoms with E-state index in [1.165, 1.54) is 11.3 Å². The minimum Gasteiger partial charge on any atom is -0.378 e. The Morgan fingerprint density at radius 1 is 0.893 bits per heavy atom. The van der Waals surface area contributed by atoms with Crippen molar-refractivity contribution in [3.05, 3.63) is 58.4 Å². The van der Waals surface area contributed by atoms with Crippen LogP contribution < -0.4 is 0 Å². The zero-order valence-corrected chi connectivity index (χ0v) is 19.0. The molecule has 0 aliphatic carbocycles. The lowest BCUT2D eigenvalue weighted by Gasteiger charge is -2.15. The van der Waals surface area contributed by atoms with Crippen molar-refractivity contribution in [3.63, 3.8) is 0 Å². The van der Waals surface area contributed by atoms with E-state index in [1.807, 2.05) is 33.9 Å². The van der Waals surface area contributed by atoms with Crippen LogP contribution in [0, 0.1) is 5.82 Å². The summed E-state index contributed by atoms with van der Waals surface area (Å²) in [6, 6.07) is 5.90. The van der Waals surface area contributed by atoms with Crippen LogP contribution in [0.25, 0.3) is 0 Å². The van der Waals surface area contributed by atoms with Crippen LogP contribution in [0.15, 0.2) is 24.4 Å². The minimum absolute atomic E-state index is 0.0943. The maximum Gasteiger partial charge on any atom is 0.145 e. The molecule has 156 valence electrons. The van der Waals surface area contributed by atoms with Crippen molar-refractivity contribution in [2.24, 2.45) is 0 Å². The Balaban J connectivity index is 0.000000292. The Kier molecular flexibility index (Phi) is 9.74. The Labute approximate surface area is 170 Å². The Morgan fingerprint density at radius 2 is 1.54 bits per heavy atom. The summed E-state index contributed by atoms with van der Waals surface area (Å²) in [5.74, 6) is 1.26. The summed E-state index contributed by atoms with van der Waals surface area (Å²) in [4.78, 5) is 8.78. The van der Waals surface area contributed by atoms with Crippen LogP contribution in [0.1, 0.15) is 107 Å². The predicted molar refractivity (Wildman–Crippen MR) is 116 cm³/mol. The molecule has 0 amide bonds. The van der Waals surface area contributed by atoms with Gasteiger partial charge in [0.1, 0.15) is 5.82 Å². The second kappa shape index (κ2) is 11.3. The number of hydrogen-bond acceptors (Lipinski definition) is 3. The van der Waals surface area contributed by atoms with E-state index in [4.69, 9.17) is 4.74 Å². The normalized spacial score (nSPS) is 11.4. The van der Waals surface area contributed by atoms with Crippen molar-refractivity contribution >= 4 is 0 Å². The molecule has 0 atom stereocenters. The van der Waals surface area contributed by atoms with Gasteiger partial charge in [0.2, 0.25) is 0 Å². The first-order valence-corrected chi connectivity index (χ1v) is 10.2. The van der Waals surface area contributed by atoms with Crippen molar-refractivity contribution in [1.29, 1.82) is 0 Å². The lowest BCUT2D eigenvalue weighted by molar-refractivity contribution is 0.180. The van der Waals surface area contributed by atoms with Gasteiger partial charge in [-0.2, -0.15) is 0 Å². The number of hydrogen-bond donors (Lipinski definition) is 0. The monoisotopic (exact) mass is 388 g/mol. The molecule has 28 heavy (non-hydrogen) atoms. The highest BCUT2D eigenvalue weighted by atomic mass is 19.1. The van der Waals surface area contributed by atoms with Gasteiger partial charge in [-0.15, -0.1) is 0 Å². The van der Waals surface area contributed by atoms with Crippen LogP contribution in [-0.4, -0.2) is 17.1 Å². The minimum atomic E-state index is -0.210. The quantitative estimate of drug-likeness (QED) is 0.537. The third kappa shape index (κ3) is 6.97. The van der Waals surface area contributed by atoms with Gasteiger partial charge in [-0.3, -0.25) is 9.97 Å². The van der Waals surface area contributed by atoms with Crippen LogP contribution in [0.2, 0.25) is 0 Å². The largest absolute Gasteiger partial charge is 0.378 e. The molecule has 0 aromatic carbocycles. The van der Waals surface area contributed by atoms with Crippen LogP contribution in [0.5, 0.6) is 0 Å². The lowest BCUT2D eigenvalue weighted by Crippen LogP contribution is -2.08. The Hall–Kier alpha value is -1.81. The predicted octanol–water partition coefficient (Wildman–Crippen LogP) is 6.94. The third-order valence-electron chi connectivity index (χ3n) is 4.63. The summed E-state index contributed by atoms with van der Waals surface area (Å²) in [6.45, 7) is 17.1. The van der Waals surface area contributed by atoms with Gasteiger partial charge in [0.25, 0.3) is 0 Å². The number of methoxy groups -OCH3 is 1. The van der Waals surface area contributed by atoms with E-state index in [0.717, 1.165) is 11.3 Å². The van der Waals surface area contributed by atoms with Crippen molar-refractivity contribution in [2.45, 2.75) is 85.7 Å². The fraction of sp³-hybridized carbons (Fsp3) is 0.583. The van der Waals surface area contributed by atoms with Gasteiger partial charge < -0.3 is 4.74 Å². The summed E-state index contributed by atoms with van der Waals surface area (Å²) in [5, 5.41) is 0. The summed E-state index contributed by atoms with van der Waals surface area (Å²) < 4.78 is 18.9. The molecule has 2 aromatic heterocycles. The number of rotatable bonds is 6. The van der Waals surface area contributed by atoms with Crippen molar-refractivity contribution in [1.82, 2.24) is 9.97 Å². The molecule has 2 heterocycles. The summed E-state index contributed by atoms with van der Waals surface area (Å²) in [5.41, 5.74) is 4.81. The first-order valence-electron chi connectivity index (χ1n) is 10.2. The highest BCUT2D eigenvalue weighted by Crippen LogP contribution is 2.24. The number of ether oxygens (including phenoxy) is 1. The molecule has 2 aromatic rings. The molecule has 2 rings (SSSR count). The van der Waals surface area contributed by atoms with E-state index in [9.17, 15) is 4.39 Å². The lowest BCUT2D eigenvalue weighted by atomic mass is 9.99. The molecule has 0 bridgehead atoms. The van der Waals surface area contributed by atoms with Gasteiger partial charge in [-0.1, -0.05) is 61.5 Å². The first-order chi connectivity index (χ1) is 13.1. The molecule has 0 saturated carbocycles. The molecule has 0 aliphatic heterocycles. The first kappa shape index (κ1) is 24.2. The molecule has 3 nitrogen and oxygen atoms in total. The number of halogens is 1. The Morgan fingerprint density at radius 3 is 1.93 bits per heavy atom. The summed E-state index contributed by atoms with van der Waals surface area (Å²) >= 11 is 0. The molecule has 0 aliphatic rings. The molecule has 0 radical (unpaired) electrons. The van der Waals surface area contributed by atoms with E-state index in [-0.39, 0.29) is 17.7 Å². The maximum atomic E-state index is 13.8. The number of aromatic nitrogens is 2. The van der Waals surface area contributed by atoms with Gasteiger partial charge in [0, 0.05) is 19.0 Å². The van der Waals surface area contributed by atoms with Crippen LogP contribution in [-0.2, 0) is 11.3 Å². The van der Waals surface area contributed by atoms with E-state index in [0.29, 0.717) is 24.1 Å². The van der Waals surface area contributed by atoms with Gasteiger partial charge in [0.05, 0.1) is 18.0 Å². The standard InChI is InChI=1S/C13H20FNO.C11H17N/c1-8(2)10-6-11(14)13(9(3)4)15-12(10)7-16-5;1-8(2)10-5-6-11(9(3)4)12-7-10/h6,8-9H,7H2,1-5H3;5-9H,1-4H3. The molecular formula is C24H37FN2O. The smallest absolute Gasteiger partial charge is 0.145 e. The topological polar surface area (TPSA) is 35.0 Å². The molecule has 4 heteroatoms. The van der Waals surface area contributed by atoms with Gasteiger partial charge in [-0.25, -0.2) is 4.39 Å². The molecule has 0 unspecified atom stereocenters. The van der Waals surface area contributed by atoms with E-state index in [2.05, 4.69) is 49.8 Å². The fourth-order valence-corrected chi connectivity index (χ4v) is 2.81. The van der Waals surface area contributed by atoms with Gasteiger partial charge in [0.15, 0.2) is 0 Å². The van der Waals surface area contributed by atoms with Crippen LogP contribution >= 0.6 is 0 Å². The molecule has 0 N–H and O–H groups in total. The fourth-order valence-electron chi connectivity index (χ4n) is 2.81. The highest BCUT2D eigenvalue weighted by molar-refractivity contribution is 5.28. The molecule has 0 saturated heterocycles. The summed E-state index contributed by atoms with van der Waals surface area (Å²) in [7, 11) is 1.63. The van der Waals surface area contributed by atoms with Crippen molar-refractivity contribution in [3.8, 4) is 0 Å². The second-order valence-electron chi connectivity index (χ2n) is 8.46. The van der Waals surface area contributed by atoms with Crippen LogP contribution in [0.4, 0.5) is 4.39 Å². The number of pyridine rings is 2. The zero-order chi connectivity index (χ0) is 21.4. The van der Waals surface area contributed by atoms with E-state index >= 15 is 0 Å². The highest BCUT2D eigenvalue weighted by Gasteiger charge is 2.15. The summed E-state index contributed by atoms with van der Waals surface area (Å²) in [6.07, 6.45) is 1.99. The van der Waals surface area contributed by atoms with Crippen LogP contribution in [0.3, 0.4) is 0 Å². The zero-order valence-electron chi connectivity index (χ0n) is 19.0. The second-order valence-corrected chi connectivity index (χ2v) is 8.46. The van der Waals surface area contributed by atoms with Gasteiger partial charge >= 0.3 is 0 Å². The van der Waals surface area contributed by atoms with Crippen molar-refractivity contribution in [2.75, 3.05) is 7.11 Å². The molecular weight excluding hydrogens is 351 g/mol.